The third kappa shape index (κ3) is 3.25. The molecule has 1 saturated heterocycles. The zero-order valence-electron chi connectivity index (χ0n) is 14.7. The Kier molecular flexibility index (Phi) is 5.15. The molecule has 0 aromatic heterocycles. The Hall–Kier alpha value is -2.58. The van der Waals surface area contributed by atoms with Crippen LogP contribution in [-0.4, -0.2) is 59.6 Å². The number of hydrogen-bond donors (Lipinski definition) is 2. The first kappa shape index (κ1) is 18.2. The number of carbonyl (C=O) groups excluding carboxylic acids is 4. The lowest BCUT2D eigenvalue weighted by atomic mass is 10.0. The molecule has 0 spiro atoms. The van der Waals surface area contributed by atoms with Crippen LogP contribution < -0.4 is 11.1 Å². The van der Waals surface area contributed by atoms with Crippen molar-refractivity contribution in [2.24, 2.45) is 5.73 Å². The van der Waals surface area contributed by atoms with E-state index in [4.69, 9.17) is 5.73 Å². The fourth-order valence-electron chi connectivity index (χ4n) is 3.45. The molecule has 26 heavy (non-hydrogen) atoms. The highest BCUT2D eigenvalue weighted by atomic mass is 16.2. The molecule has 4 amide bonds. The molecule has 138 valence electrons. The number of nitrogens with two attached hydrogens (primary N) is 1. The molecular weight excluding hydrogens is 336 g/mol. The summed E-state index contributed by atoms with van der Waals surface area (Å²) >= 11 is 0. The van der Waals surface area contributed by atoms with E-state index >= 15 is 0 Å². The number of amides is 4. The minimum atomic E-state index is -0.942. The largest absolute Gasteiger partial charge is 0.330 e. The molecule has 8 heteroatoms. The van der Waals surface area contributed by atoms with Crippen molar-refractivity contribution in [2.75, 3.05) is 20.1 Å². The number of imide groups is 2. The molecular formula is C18H22N4O4. The second kappa shape index (κ2) is 7.35. The standard InChI is InChI=1S/C18H22N4O4/c1-21(9-3-8-19)10-11-4-2-5-12-15(11)18(26)22(17(12)25)13-6-7-14(23)20-16(13)24/h2,4-5,13H,3,6-10,19H2,1H3,(H,20,23,24). The summed E-state index contributed by atoms with van der Waals surface area (Å²) in [7, 11) is 1.92. The molecule has 3 rings (SSSR count). The van der Waals surface area contributed by atoms with E-state index in [1.165, 1.54) is 0 Å². The third-order valence-electron chi connectivity index (χ3n) is 4.74. The van der Waals surface area contributed by atoms with Gasteiger partial charge in [-0.25, -0.2) is 0 Å². The quantitative estimate of drug-likeness (QED) is 0.685. The van der Waals surface area contributed by atoms with E-state index in [-0.39, 0.29) is 18.7 Å². The zero-order valence-corrected chi connectivity index (χ0v) is 14.7. The zero-order chi connectivity index (χ0) is 18.8. The van der Waals surface area contributed by atoms with Gasteiger partial charge in [0, 0.05) is 13.0 Å². The molecule has 1 aromatic carbocycles. The van der Waals surface area contributed by atoms with Crippen LogP contribution in [0.4, 0.5) is 0 Å². The smallest absolute Gasteiger partial charge is 0.262 e. The van der Waals surface area contributed by atoms with Gasteiger partial charge in [0.25, 0.3) is 11.8 Å². The molecule has 0 saturated carbocycles. The number of fused-ring (bicyclic) bond motifs is 1. The van der Waals surface area contributed by atoms with Crippen molar-refractivity contribution in [3.8, 4) is 0 Å². The molecule has 1 unspecified atom stereocenters. The number of nitrogens with one attached hydrogen (secondary N) is 1. The summed E-state index contributed by atoms with van der Waals surface area (Å²) in [4.78, 5) is 52.2. The molecule has 2 aliphatic heterocycles. The van der Waals surface area contributed by atoms with Crippen LogP contribution in [0.25, 0.3) is 0 Å². The summed E-state index contributed by atoms with van der Waals surface area (Å²) in [6.07, 6.45) is 1.10. The Morgan fingerprint density at radius 1 is 1.23 bits per heavy atom. The van der Waals surface area contributed by atoms with E-state index in [1.807, 2.05) is 18.0 Å². The molecule has 0 radical (unpaired) electrons. The van der Waals surface area contributed by atoms with Gasteiger partial charge in [-0.15, -0.1) is 0 Å². The SMILES string of the molecule is CN(CCCN)Cc1cccc2c1C(=O)N(C1CCC(=O)NC1=O)C2=O. The maximum atomic E-state index is 13.0. The van der Waals surface area contributed by atoms with Crippen LogP contribution in [0.5, 0.6) is 0 Å². The van der Waals surface area contributed by atoms with Gasteiger partial charge >= 0.3 is 0 Å². The van der Waals surface area contributed by atoms with Gasteiger partial charge in [-0.2, -0.15) is 0 Å². The first-order valence-corrected chi connectivity index (χ1v) is 8.66. The number of carbonyl (C=O) groups is 4. The maximum absolute atomic E-state index is 13.0. The second-order valence-electron chi connectivity index (χ2n) is 6.67. The van der Waals surface area contributed by atoms with Gasteiger partial charge in [0.15, 0.2) is 0 Å². The molecule has 0 bridgehead atoms. The van der Waals surface area contributed by atoms with Crippen molar-refractivity contribution in [2.45, 2.75) is 31.8 Å². The van der Waals surface area contributed by atoms with Crippen LogP contribution in [0, 0.1) is 0 Å². The third-order valence-corrected chi connectivity index (χ3v) is 4.74. The van der Waals surface area contributed by atoms with Gasteiger partial charge < -0.3 is 10.6 Å². The lowest BCUT2D eigenvalue weighted by molar-refractivity contribution is -0.136. The van der Waals surface area contributed by atoms with Crippen LogP contribution in [0.2, 0.25) is 0 Å². The van der Waals surface area contributed by atoms with Gasteiger partial charge in [-0.1, -0.05) is 12.1 Å². The fraction of sp³-hybridized carbons (Fsp3) is 0.444. The highest BCUT2D eigenvalue weighted by Crippen LogP contribution is 2.30. The molecule has 8 nitrogen and oxygen atoms in total. The second-order valence-corrected chi connectivity index (χ2v) is 6.67. The number of hydrogen-bond acceptors (Lipinski definition) is 6. The Morgan fingerprint density at radius 3 is 2.69 bits per heavy atom. The first-order valence-electron chi connectivity index (χ1n) is 8.66. The highest BCUT2D eigenvalue weighted by Gasteiger charge is 2.45. The van der Waals surface area contributed by atoms with Crippen LogP contribution >= 0.6 is 0 Å². The number of rotatable bonds is 6. The summed E-state index contributed by atoms with van der Waals surface area (Å²) in [6.45, 7) is 1.86. The van der Waals surface area contributed by atoms with Gasteiger partial charge in [-0.05, 0) is 44.6 Å². The van der Waals surface area contributed by atoms with Gasteiger partial charge in [0.1, 0.15) is 6.04 Å². The monoisotopic (exact) mass is 358 g/mol. The highest BCUT2D eigenvalue weighted by molar-refractivity contribution is 6.24. The van der Waals surface area contributed by atoms with E-state index < -0.39 is 23.8 Å². The van der Waals surface area contributed by atoms with E-state index in [0.717, 1.165) is 23.4 Å². The first-order chi connectivity index (χ1) is 12.4. The van der Waals surface area contributed by atoms with Crippen LogP contribution in [-0.2, 0) is 16.1 Å². The van der Waals surface area contributed by atoms with Crippen molar-refractivity contribution in [1.82, 2.24) is 15.1 Å². The minimum Gasteiger partial charge on any atom is -0.330 e. The maximum Gasteiger partial charge on any atom is 0.262 e. The van der Waals surface area contributed by atoms with Crippen LogP contribution in [0.3, 0.4) is 0 Å². The molecule has 2 aliphatic rings. The lowest BCUT2D eigenvalue weighted by Gasteiger charge is -2.28. The Labute approximate surface area is 151 Å². The van der Waals surface area contributed by atoms with Crippen molar-refractivity contribution < 1.29 is 19.2 Å². The number of benzene rings is 1. The van der Waals surface area contributed by atoms with Crippen molar-refractivity contribution in [1.29, 1.82) is 0 Å². The van der Waals surface area contributed by atoms with E-state index in [1.54, 1.807) is 12.1 Å². The Morgan fingerprint density at radius 2 is 2.00 bits per heavy atom. The van der Waals surface area contributed by atoms with Crippen molar-refractivity contribution in [3.05, 3.63) is 34.9 Å². The van der Waals surface area contributed by atoms with E-state index in [2.05, 4.69) is 5.32 Å². The molecule has 1 fully saturated rings. The van der Waals surface area contributed by atoms with E-state index in [9.17, 15) is 19.2 Å². The minimum absolute atomic E-state index is 0.110. The summed E-state index contributed by atoms with van der Waals surface area (Å²) in [5.74, 6) is -1.93. The lowest BCUT2D eigenvalue weighted by Crippen LogP contribution is -2.54. The van der Waals surface area contributed by atoms with Crippen LogP contribution in [0.15, 0.2) is 18.2 Å². The molecule has 3 N–H and O–H groups in total. The number of nitrogens with zero attached hydrogens (tertiary/aromatic N) is 2. The summed E-state index contributed by atoms with van der Waals surface area (Å²) in [6, 6.07) is 4.22. The summed E-state index contributed by atoms with van der Waals surface area (Å²) < 4.78 is 0. The van der Waals surface area contributed by atoms with Gasteiger partial charge in [0.05, 0.1) is 11.1 Å². The normalized spacial score (nSPS) is 20.0. The van der Waals surface area contributed by atoms with Gasteiger partial charge in [0.2, 0.25) is 11.8 Å². The van der Waals surface area contributed by atoms with Crippen molar-refractivity contribution in [3.63, 3.8) is 0 Å². The summed E-state index contributed by atoms with van der Waals surface area (Å²) in [5, 5.41) is 2.20. The molecule has 1 aromatic rings. The number of piperidine rings is 1. The molecule has 1 atom stereocenters. The van der Waals surface area contributed by atoms with Gasteiger partial charge in [-0.3, -0.25) is 29.4 Å². The predicted molar refractivity (Wildman–Crippen MR) is 93.1 cm³/mol. The van der Waals surface area contributed by atoms with Crippen LogP contribution in [0.1, 0.15) is 45.5 Å². The average molecular weight is 358 g/mol. The Balaban J connectivity index is 1.87. The Bertz CT molecular complexity index is 776. The van der Waals surface area contributed by atoms with E-state index in [0.29, 0.717) is 24.2 Å². The fourth-order valence-corrected chi connectivity index (χ4v) is 3.45. The topological polar surface area (TPSA) is 113 Å². The average Bonchev–Trinajstić information content (AvgIpc) is 2.85. The molecule has 2 heterocycles. The molecule has 0 aliphatic carbocycles. The summed E-state index contributed by atoms with van der Waals surface area (Å²) in [5.41, 5.74) is 6.93. The van der Waals surface area contributed by atoms with Crippen molar-refractivity contribution >= 4 is 23.6 Å². The predicted octanol–water partition coefficient (Wildman–Crippen LogP) is -0.132.